The molecular formula is C16H20N2O5. The van der Waals surface area contributed by atoms with Crippen molar-refractivity contribution in [3.63, 3.8) is 0 Å². The van der Waals surface area contributed by atoms with Crippen LogP contribution in [-0.2, 0) is 14.3 Å². The van der Waals surface area contributed by atoms with Crippen molar-refractivity contribution in [2.24, 2.45) is 5.92 Å². The molecule has 124 valence electrons. The molecule has 1 amide bonds. The summed E-state index contributed by atoms with van der Waals surface area (Å²) in [6.07, 6.45) is 2.34. The Kier molecular flexibility index (Phi) is 6.92. The van der Waals surface area contributed by atoms with Gasteiger partial charge in [-0.05, 0) is 25.0 Å². The summed E-state index contributed by atoms with van der Waals surface area (Å²) in [5.41, 5.74) is 0.174. The number of rotatable bonds is 7. The van der Waals surface area contributed by atoms with Crippen molar-refractivity contribution in [1.82, 2.24) is 5.32 Å². The van der Waals surface area contributed by atoms with E-state index < -0.39 is 23.4 Å². The molecule has 1 rings (SSSR count). The quantitative estimate of drug-likeness (QED) is 0.360. The Labute approximate surface area is 134 Å². The van der Waals surface area contributed by atoms with Gasteiger partial charge in [-0.15, -0.1) is 0 Å². The van der Waals surface area contributed by atoms with Crippen LogP contribution < -0.4 is 5.32 Å². The lowest BCUT2D eigenvalue weighted by atomic mass is 10.1. The van der Waals surface area contributed by atoms with Crippen molar-refractivity contribution in [2.75, 3.05) is 6.61 Å². The number of nitrogens with zero attached hydrogens (tertiary/aromatic N) is 1. The number of ether oxygens (including phenoxy) is 1. The number of nitro groups is 1. The second kappa shape index (κ2) is 8.67. The Hall–Kier alpha value is -2.70. The number of esters is 1. The highest BCUT2D eigenvalue weighted by atomic mass is 16.6. The van der Waals surface area contributed by atoms with E-state index in [1.165, 1.54) is 24.3 Å². The molecule has 0 aliphatic carbocycles. The molecule has 1 N–H and O–H groups in total. The van der Waals surface area contributed by atoms with Crippen LogP contribution in [-0.4, -0.2) is 29.4 Å². The highest BCUT2D eigenvalue weighted by Gasteiger charge is 2.13. The maximum Gasteiger partial charge on any atom is 0.331 e. The van der Waals surface area contributed by atoms with E-state index in [2.05, 4.69) is 5.32 Å². The number of para-hydroxylation sites is 1. The number of amides is 1. The van der Waals surface area contributed by atoms with Gasteiger partial charge in [-0.2, -0.15) is 0 Å². The van der Waals surface area contributed by atoms with Crippen LogP contribution in [0, 0.1) is 16.0 Å². The molecule has 0 aliphatic heterocycles. The van der Waals surface area contributed by atoms with E-state index in [0.29, 0.717) is 0 Å². The lowest BCUT2D eigenvalue weighted by Crippen LogP contribution is -2.38. The van der Waals surface area contributed by atoms with E-state index in [1.807, 2.05) is 20.8 Å². The molecule has 0 aromatic heterocycles. The molecule has 1 atom stereocenters. The third-order valence-electron chi connectivity index (χ3n) is 3.27. The minimum atomic E-state index is -0.740. The summed E-state index contributed by atoms with van der Waals surface area (Å²) in [7, 11) is 0. The van der Waals surface area contributed by atoms with Crippen molar-refractivity contribution in [3.05, 3.63) is 46.0 Å². The van der Waals surface area contributed by atoms with E-state index >= 15 is 0 Å². The predicted molar refractivity (Wildman–Crippen MR) is 85.5 cm³/mol. The first kappa shape index (κ1) is 18.3. The van der Waals surface area contributed by atoms with Gasteiger partial charge < -0.3 is 10.1 Å². The van der Waals surface area contributed by atoms with E-state index in [-0.39, 0.29) is 23.2 Å². The van der Waals surface area contributed by atoms with Gasteiger partial charge in [0.05, 0.1) is 10.5 Å². The second-order valence-corrected chi connectivity index (χ2v) is 5.36. The number of hydrogen-bond donors (Lipinski definition) is 1. The molecule has 0 spiro atoms. The molecule has 23 heavy (non-hydrogen) atoms. The van der Waals surface area contributed by atoms with Crippen LogP contribution >= 0.6 is 0 Å². The van der Waals surface area contributed by atoms with Crippen LogP contribution in [0.5, 0.6) is 0 Å². The van der Waals surface area contributed by atoms with Gasteiger partial charge >= 0.3 is 5.97 Å². The monoisotopic (exact) mass is 320 g/mol. The lowest BCUT2D eigenvalue weighted by molar-refractivity contribution is -0.385. The highest BCUT2D eigenvalue weighted by molar-refractivity contribution is 5.89. The largest absolute Gasteiger partial charge is 0.452 e. The van der Waals surface area contributed by atoms with Gasteiger partial charge in [-0.3, -0.25) is 14.9 Å². The van der Waals surface area contributed by atoms with Crippen LogP contribution in [0.3, 0.4) is 0 Å². The number of hydrogen-bond acceptors (Lipinski definition) is 5. The molecule has 0 heterocycles. The summed E-state index contributed by atoms with van der Waals surface area (Å²) in [5, 5.41) is 13.5. The van der Waals surface area contributed by atoms with Crippen LogP contribution in [0.2, 0.25) is 0 Å². The van der Waals surface area contributed by atoms with E-state index in [9.17, 15) is 19.7 Å². The highest BCUT2D eigenvalue weighted by Crippen LogP contribution is 2.18. The third kappa shape index (κ3) is 6.29. The topological polar surface area (TPSA) is 98.5 Å². The smallest absolute Gasteiger partial charge is 0.331 e. The molecule has 0 radical (unpaired) electrons. The first-order chi connectivity index (χ1) is 10.8. The van der Waals surface area contributed by atoms with Gasteiger partial charge in [0.25, 0.3) is 11.6 Å². The molecule has 0 aliphatic rings. The van der Waals surface area contributed by atoms with Gasteiger partial charge in [0, 0.05) is 18.2 Å². The molecule has 1 aromatic carbocycles. The van der Waals surface area contributed by atoms with Gasteiger partial charge in [-0.25, -0.2) is 4.79 Å². The fourth-order valence-electron chi connectivity index (χ4n) is 1.60. The Balaban J connectivity index is 2.54. The summed E-state index contributed by atoms with van der Waals surface area (Å²) < 4.78 is 4.80. The maximum absolute atomic E-state index is 11.6. The summed E-state index contributed by atoms with van der Waals surface area (Å²) in [5.74, 6) is -0.859. The molecule has 0 saturated carbocycles. The van der Waals surface area contributed by atoms with Crippen molar-refractivity contribution in [2.45, 2.75) is 26.8 Å². The van der Waals surface area contributed by atoms with Crippen LogP contribution in [0.4, 0.5) is 5.69 Å². The third-order valence-corrected chi connectivity index (χ3v) is 3.27. The zero-order valence-corrected chi connectivity index (χ0v) is 13.3. The zero-order valence-electron chi connectivity index (χ0n) is 13.3. The van der Waals surface area contributed by atoms with Crippen LogP contribution in [0.25, 0.3) is 6.08 Å². The van der Waals surface area contributed by atoms with Crippen molar-refractivity contribution < 1.29 is 19.2 Å². The first-order valence-corrected chi connectivity index (χ1v) is 7.19. The maximum atomic E-state index is 11.6. The molecule has 0 saturated heterocycles. The van der Waals surface area contributed by atoms with Crippen LogP contribution in [0.1, 0.15) is 26.3 Å². The summed E-state index contributed by atoms with van der Waals surface area (Å²) in [6, 6.07) is 5.99. The van der Waals surface area contributed by atoms with Crippen molar-refractivity contribution in [3.8, 4) is 0 Å². The Morgan fingerprint density at radius 2 is 1.96 bits per heavy atom. The van der Waals surface area contributed by atoms with Gasteiger partial charge in [0.15, 0.2) is 6.61 Å². The van der Waals surface area contributed by atoms with Crippen molar-refractivity contribution >= 4 is 23.6 Å². The minimum absolute atomic E-state index is 0.0243. The van der Waals surface area contributed by atoms with Gasteiger partial charge in [0.2, 0.25) is 0 Å². The van der Waals surface area contributed by atoms with Crippen LogP contribution in [0.15, 0.2) is 30.3 Å². The van der Waals surface area contributed by atoms with E-state index in [4.69, 9.17) is 4.74 Å². The molecule has 0 bridgehead atoms. The van der Waals surface area contributed by atoms with Gasteiger partial charge in [-0.1, -0.05) is 26.0 Å². The number of nitrogens with one attached hydrogen (secondary N) is 1. The summed E-state index contributed by atoms with van der Waals surface area (Å²) >= 11 is 0. The van der Waals surface area contributed by atoms with Crippen molar-refractivity contribution in [1.29, 1.82) is 0 Å². The fourth-order valence-corrected chi connectivity index (χ4v) is 1.60. The SMILES string of the molecule is CC(C)[C@H](C)NC(=O)COC(=O)/C=C/c1ccccc1[N+](=O)[O-]. The predicted octanol–water partition coefficient (Wildman–Crippen LogP) is 2.31. The number of benzene rings is 1. The standard InChI is InChI=1S/C16H20N2O5/c1-11(2)12(3)17-15(19)10-23-16(20)9-8-13-6-4-5-7-14(13)18(21)22/h4-9,11-12H,10H2,1-3H3,(H,17,19)/b9-8+/t12-/m0/s1. The Morgan fingerprint density at radius 1 is 1.30 bits per heavy atom. The molecule has 1 aromatic rings. The minimum Gasteiger partial charge on any atom is -0.452 e. The van der Waals surface area contributed by atoms with E-state index in [1.54, 1.807) is 6.07 Å². The molecular weight excluding hydrogens is 300 g/mol. The average molecular weight is 320 g/mol. The second-order valence-electron chi connectivity index (χ2n) is 5.36. The molecule has 0 unspecified atom stereocenters. The molecule has 7 nitrogen and oxygen atoms in total. The normalized spacial score (nSPS) is 12.2. The number of carbonyl (C=O) groups is 2. The summed E-state index contributed by atoms with van der Waals surface area (Å²) in [6.45, 7) is 5.40. The molecule has 7 heteroatoms. The fraction of sp³-hybridized carbons (Fsp3) is 0.375. The Bertz CT molecular complexity index is 610. The molecule has 0 fully saturated rings. The first-order valence-electron chi connectivity index (χ1n) is 7.19. The van der Waals surface area contributed by atoms with Gasteiger partial charge in [0.1, 0.15) is 0 Å². The average Bonchev–Trinajstić information content (AvgIpc) is 2.50. The zero-order chi connectivity index (χ0) is 17.4. The number of nitro benzene ring substituents is 1. The number of carbonyl (C=O) groups excluding carboxylic acids is 2. The van der Waals surface area contributed by atoms with E-state index in [0.717, 1.165) is 6.08 Å². The Morgan fingerprint density at radius 3 is 2.57 bits per heavy atom. The summed E-state index contributed by atoms with van der Waals surface area (Å²) in [4.78, 5) is 33.4. The lowest BCUT2D eigenvalue weighted by Gasteiger charge is -2.16.